The number of aromatic nitrogens is 2. The smallest absolute Gasteiger partial charge is 0.319 e. The Morgan fingerprint density at radius 3 is 2.57 bits per heavy atom. The third-order valence-electron chi connectivity index (χ3n) is 6.40. The van der Waals surface area contributed by atoms with Crippen molar-refractivity contribution in [2.24, 2.45) is 5.92 Å². The molecule has 10 heteroatoms. The van der Waals surface area contributed by atoms with Gasteiger partial charge in [-0.05, 0) is 56.7 Å². The second kappa shape index (κ2) is 10.5. The number of nitrogens with zero attached hydrogens (tertiary/aromatic N) is 4. The second-order valence-corrected chi connectivity index (χ2v) is 9.24. The molecule has 0 radical (unpaired) electrons. The third kappa shape index (κ3) is 5.95. The monoisotopic (exact) mass is 477 g/mol. The first-order chi connectivity index (χ1) is 16.8. The molecule has 0 aliphatic heterocycles. The van der Waals surface area contributed by atoms with Gasteiger partial charge in [0.05, 0.1) is 10.4 Å². The Morgan fingerprint density at radius 2 is 1.86 bits per heavy atom. The van der Waals surface area contributed by atoms with Crippen molar-refractivity contribution in [2.75, 3.05) is 36.2 Å². The van der Waals surface area contributed by atoms with Crippen LogP contribution in [0.5, 0.6) is 0 Å². The van der Waals surface area contributed by atoms with Gasteiger partial charge < -0.3 is 20.9 Å². The summed E-state index contributed by atoms with van der Waals surface area (Å²) in [5.74, 6) is 1.91. The molecule has 4 rings (SSSR count). The average Bonchev–Trinajstić information content (AvgIpc) is 2.84. The molecule has 3 N–H and O–H groups in total. The summed E-state index contributed by atoms with van der Waals surface area (Å²) in [7, 11) is 3.96. The van der Waals surface area contributed by atoms with E-state index in [1.54, 1.807) is 19.1 Å². The lowest BCUT2D eigenvalue weighted by Gasteiger charge is -2.29. The SMILES string of the molecule is Cc1ccc(NC(=O)NCC2CCC(Nc3nc(N(C)C)c4ccccc4n3)CC2)cc1[N+](=O)[O-]. The Bertz CT molecular complexity index is 1220. The maximum atomic E-state index is 12.3. The summed E-state index contributed by atoms with van der Waals surface area (Å²) in [6.45, 7) is 2.23. The molecule has 0 spiro atoms. The van der Waals surface area contributed by atoms with E-state index in [-0.39, 0.29) is 17.8 Å². The van der Waals surface area contributed by atoms with Crippen molar-refractivity contribution in [1.82, 2.24) is 15.3 Å². The number of amides is 2. The molecule has 184 valence electrons. The fraction of sp³-hybridized carbons (Fsp3) is 0.400. The molecule has 0 unspecified atom stereocenters. The highest BCUT2D eigenvalue weighted by Gasteiger charge is 2.23. The van der Waals surface area contributed by atoms with Crippen LogP contribution in [0.15, 0.2) is 42.5 Å². The van der Waals surface area contributed by atoms with E-state index in [2.05, 4.69) is 16.0 Å². The Kier molecular flexibility index (Phi) is 7.28. The minimum absolute atomic E-state index is 0.0123. The zero-order valence-electron chi connectivity index (χ0n) is 20.2. The highest BCUT2D eigenvalue weighted by Crippen LogP contribution is 2.28. The maximum absolute atomic E-state index is 12.3. The van der Waals surface area contributed by atoms with Crippen molar-refractivity contribution in [2.45, 2.75) is 38.6 Å². The lowest BCUT2D eigenvalue weighted by molar-refractivity contribution is -0.385. The molecular formula is C25H31N7O3. The molecule has 2 amide bonds. The van der Waals surface area contributed by atoms with Gasteiger partial charge in [-0.1, -0.05) is 18.2 Å². The molecule has 10 nitrogen and oxygen atoms in total. The summed E-state index contributed by atoms with van der Waals surface area (Å²) >= 11 is 0. The number of hydrogen-bond donors (Lipinski definition) is 3. The molecule has 1 heterocycles. The molecule has 1 aliphatic rings. The molecule has 1 fully saturated rings. The number of rotatable bonds is 7. The predicted molar refractivity (Wildman–Crippen MR) is 138 cm³/mol. The summed E-state index contributed by atoms with van der Waals surface area (Å²) in [6, 6.07) is 12.6. The zero-order valence-corrected chi connectivity index (χ0v) is 20.2. The van der Waals surface area contributed by atoms with Gasteiger partial charge in [0, 0.05) is 49.4 Å². The van der Waals surface area contributed by atoms with E-state index in [0.29, 0.717) is 29.7 Å². The Labute approximate surface area is 204 Å². The first-order valence-corrected chi connectivity index (χ1v) is 11.8. The fourth-order valence-corrected chi connectivity index (χ4v) is 4.45. The standard InChI is InChI=1S/C25H31N7O3/c1-16-8-11-19(14-22(16)32(34)35)28-25(33)26-15-17-9-12-18(13-10-17)27-24-29-21-7-5-4-6-20(21)23(30-24)31(2)3/h4-8,11,14,17-18H,9-10,12-13,15H2,1-3H3,(H2,26,28,33)(H,27,29,30). The molecule has 0 bridgehead atoms. The van der Waals surface area contributed by atoms with Crippen LogP contribution in [0.4, 0.5) is 27.9 Å². The van der Waals surface area contributed by atoms with Crippen molar-refractivity contribution < 1.29 is 9.72 Å². The van der Waals surface area contributed by atoms with Crippen molar-refractivity contribution in [3.8, 4) is 0 Å². The number of nitro benzene ring substituents is 1. The van der Waals surface area contributed by atoms with Gasteiger partial charge in [-0.15, -0.1) is 0 Å². The molecule has 1 aromatic heterocycles. The number of para-hydroxylation sites is 1. The molecule has 0 saturated heterocycles. The Morgan fingerprint density at radius 1 is 1.11 bits per heavy atom. The van der Waals surface area contributed by atoms with E-state index in [4.69, 9.17) is 9.97 Å². The van der Waals surface area contributed by atoms with Crippen LogP contribution in [0.1, 0.15) is 31.2 Å². The van der Waals surface area contributed by atoms with Gasteiger partial charge in [0.2, 0.25) is 5.95 Å². The minimum atomic E-state index is -0.449. The van der Waals surface area contributed by atoms with Crippen LogP contribution in [0.2, 0.25) is 0 Å². The number of aryl methyl sites for hydroxylation is 1. The fourth-order valence-electron chi connectivity index (χ4n) is 4.45. The van der Waals surface area contributed by atoms with Gasteiger partial charge >= 0.3 is 6.03 Å². The van der Waals surface area contributed by atoms with Crippen molar-refractivity contribution in [3.63, 3.8) is 0 Å². The quantitative estimate of drug-likeness (QED) is 0.332. The van der Waals surface area contributed by atoms with Gasteiger partial charge in [-0.3, -0.25) is 10.1 Å². The number of carbonyl (C=O) groups is 1. The first kappa shape index (κ1) is 24.2. The van der Waals surface area contributed by atoms with Gasteiger partial charge in [0.1, 0.15) is 5.82 Å². The van der Waals surface area contributed by atoms with Gasteiger partial charge in [0.25, 0.3) is 5.69 Å². The van der Waals surface area contributed by atoms with Crippen LogP contribution >= 0.6 is 0 Å². The largest absolute Gasteiger partial charge is 0.362 e. The lowest BCUT2D eigenvalue weighted by Crippen LogP contribution is -2.36. The number of carbonyl (C=O) groups excluding carboxylic acids is 1. The van der Waals surface area contributed by atoms with E-state index in [1.165, 1.54) is 6.07 Å². The van der Waals surface area contributed by atoms with Gasteiger partial charge in [-0.2, -0.15) is 4.98 Å². The summed E-state index contributed by atoms with van der Waals surface area (Å²) in [5.41, 5.74) is 1.86. The maximum Gasteiger partial charge on any atom is 0.319 e. The number of benzene rings is 2. The number of fused-ring (bicyclic) bond motifs is 1. The van der Waals surface area contributed by atoms with Crippen LogP contribution in [-0.4, -0.2) is 47.6 Å². The predicted octanol–water partition coefficient (Wildman–Crippen LogP) is 4.70. The normalized spacial score (nSPS) is 17.6. The van der Waals surface area contributed by atoms with E-state index >= 15 is 0 Å². The van der Waals surface area contributed by atoms with Gasteiger partial charge in [0.15, 0.2) is 0 Å². The molecule has 0 atom stereocenters. The van der Waals surface area contributed by atoms with Crippen LogP contribution in [-0.2, 0) is 0 Å². The molecule has 3 aromatic rings. The second-order valence-electron chi connectivity index (χ2n) is 9.24. The molecule has 35 heavy (non-hydrogen) atoms. The van der Waals surface area contributed by atoms with Crippen molar-refractivity contribution in [3.05, 3.63) is 58.1 Å². The topological polar surface area (TPSA) is 125 Å². The number of anilines is 3. The van der Waals surface area contributed by atoms with Crippen LogP contribution < -0.4 is 20.9 Å². The van der Waals surface area contributed by atoms with Crippen molar-refractivity contribution in [1.29, 1.82) is 0 Å². The third-order valence-corrected chi connectivity index (χ3v) is 6.40. The van der Waals surface area contributed by atoms with Crippen LogP contribution in [0.25, 0.3) is 10.9 Å². The van der Waals surface area contributed by atoms with Gasteiger partial charge in [-0.25, -0.2) is 9.78 Å². The summed E-state index contributed by atoms with van der Waals surface area (Å²) < 4.78 is 0. The van der Waals surface area contributed by atoms with Crippen molar-refractivity contribution >= 4 is 40.1 Å². The van der Waals surface area contributed by atoms with E-state index in [9.17, 15) is 14.9 Å². The molecule has 2 aromatic carbocycles. The lowest BCUT2D eigenvalue weighted by atomic mass is 9.86. The van der Waals surface area contributed by atoms with E-state index < -0.39 is 4.92 Å². The van der Waals surface area contributed by atoms with E-state index in [0.717, 1.165) is 42.4 Å². The Hall–Kier alpha value is -3.95. The summed E-state index contributed by atoms with van der Waals surface area (Å²) in [5, 5.41) is 21.2. The number of nitrogens with one attached hydrogen (secondary N) is 3. The molecular weight excluding hydrogens is 446 g/mol. The van der Waals surface area contributed by atoms with Crippen LogP contribution in [0.3, 0.4) is 0 Å². The Balaban J connectivity index is 1.27. The average molecular weight is 478 g/mol. The highest BCUT2D eigenvalue weighted by molar-refractivity contribution is 5.90. The zero-order chi connectivity index (χ0) is 24.9. The highest BCUT2D eigenvalue weighted by atomic mass is 16.6. The summed E-state index contributed by atoms with van der Waals surface area (Å²) in [6.07, 6.45) is 3.88. The molecule has 1 aliphatic carbocycles. The van der Waals surface area contributed by atoms with E-state index in [1.807, 2.05) is 43.3 Å². The summed E-state index contributed by atoms with van der Waals surface area (Å²) in [4.78, 5) is 34.4. The first-order valence-electron chi connectivity index (χ1n) is 11.8. The minimum Gasteiger partial charge on any atom is -0.362 e. The number of urea groups is 1. The molecule has 1 saturated carbocycles. The number of nitro groups is 1. The number of hydrogen-bond acceptors (Lipinski definition) is 7. The van der Waals surface area contributed by atoms with Crippen LogP contribution in [0, 0.1) is 23.0 Å².